The van der Waals surface area contributed by atoms with Gasteiger partial charge in [0.1, 0.15) is 6.04 Å². The first-order chi connectivity index (χ1) is 10.3. The summed E-state index contributed by atoms with van der Waals surface area (Å²) in [5.74, 6) is -0.476. The van der Waals surface area contributed by atoms with Gasteiger partial charge in [0.05, 0.1) is 6.10 Å². The topological polar surface area (TPSA) is 55.4 Å². The summed E-state index contributed by atoms with van der Waals surface area (Å²) in [6, 6.07) is 12.2. The van der Waals surface area contributed by atoms with Gasteiger partial charge in [0.15, 0.2) is 0 Å². The van der Waals surface area contributed by atoms with E-state index in [1.807, 2.05) is 30.3 Å². The molecular weight excluding hydrogens is 321 g/mol. The quantitative estimate of drug-likeness (QED) is 0.664. The molecule has 6 heteroatoms. The number of rotatable bonds is 5. The molecule has 2 rings (SSSR count). The van der Waals surface area contributed by atoms with Crippen LogP contribution in [0.15, 0.2) is 42.5 Å². The van der Waals surface area contributed by atoms with Gasteiger partial charge >= 0.3 is 5.97 Å². The molecule has 2 atom stereocenters. The zero-order valence-corrected chi connectivity index (χ0v) is 14.4. The summed E-state index contributed by atoms with van der Waals surface area (Å²) < 4.78 is 18.0. The lowest BCUT2D eigenvalue weighted by Gasteiger charge is -2.20. The second-order valence-corrected chi connectivity index (χ2v) is 8.60. The normalized spacial score (nSPS) is 15.5. The molecule has 0 radical (unpaired) electrons. The Labute approximate surface area is 135 Å². The van der Waals surface area contributed by atoms with E-state index in [0.29, 0.717) is 5.30 Å². The number of ether oxygens (including phenoxy) is 1. The Bertz CT molecular complexity index is 727. The molecule has 0 amide bonds. The maximum Gasteiger partial charge on any atom is 0.323 e. The summed E-state index contributed by atoms with van der Waals surface area (Å²) in [5.41, 5.74) is 0. The van der Waals surface area contributed by atoms with E-state index in [2.05, 4.69) is 5.09 Å². The van der Waals surface area contributed by atoms with Crippen molar-refractivity contribution in [1.82, 2.24) is 5.09 Å². The highest BCUT2D eigenvalue weighted by Crippen LogP contribution is 2.47. The predicted octanol–water partition coefficient (Wildman–Crippen LogP) is 3.83. The molecule has 0 saturated heterocycles. The Kier molecular flexibility index (Phi) is 5.28. The molecule has 0 aliphatic carbocycles. The fraction of sp³-hybridized carbons (Fsp3) is 0.312. The van der Waals surface area contributed by atoms with E-state index in [1.165, 1.54) is 0 Å². The Hall–Kier alpha value is -1.35. The van der Waals surface area contributed by atoms with Gasteiger partial charge in [-0.15, -0.1) is 0 Å². The molecule has 0 saturated carbocycles. The molecule has 118 valence electrons. The van der Waals surface area contributed by atoms with Crippen LogP contribution in [-0.4, -0.2) is 18.1 Å². The van der Waals surface area contributed by atoms with Crippen LogP contribution in [0.4, 0.5) is 0 Å². The van der Waals surface area contributed by atoms with E-state index in [0.717, 1.165) is 10.8 Å². The monoisotopic (exact) mass is 339 g/mol. The summed E-state index contributed by atoms with van der Waals surface area (Å²) in [6.45, 7) is 1.68. The minimum Gasteiger partial charge on any atom is -0.462 e. The Balaban J connectivity index is 2.29. The van der Waals surface area contributed by atoms with Crippen molar-refractivity contribution in [3.63, 3.8) is 0 Å². The average molecular weight is 340 g/mol. The summed E-state index contributed by atoms with van der Waals surface area (Å²) >= 11 is 6.25. The molecule has 2 aromatic carbocycles. The highest BCUT2D eigenvalue weighted by molar-refractivity contribution is 7.93. The van der Waals surface area contributed by atoms with Crippen LogP contribution in [-0.2, 0) is 14.1 Å². The summed E-state index contributed by atoms with van der Waals surface area (Å²) in [7, 11) is 0. The molecular formula is C16H19ClNO3P. The van der Waals surface area contributed by atoms with E-state index >= 15 is 0 Å². The fourth-order valence-corrected chi connectivity index (χ4v) is 4.58. The van der Waals surface area contributed by atoms with Crippen molar-refractivity contribution < 1.29 is 14.1 Å². The zero-order chi connectivity index (χ0) is 16.3. The number of hydrogen-bond acceptors (Lipinski definition) is 3. The van der Waals surface area contributed by atoms with Gasteiger partial charge in [-0.1, -0.05) is 36.4 Å². The van der Waals surface area contributed by atoms with Crippen molar-refractivity contribution in [2.75, 3.05) is 0 Å². The number of esters is 1. The van der Waals surface area contributed by atoms with Gasteiger partial charge in [0, 0.05) is 5.30 Å². The lowest BCUT2D eigenvalue weighted by atomic mass is 10.1. The third-order valence-corrected chi connectivity index (χ3v) is 5.71. The van der Waals surface area contributed by atoms with E-state index in [9.17, 15) is 9.36 Å². The van der Waals surface area contributed by atoms with Gasteiger partial charge in [-0.25, -0.2) is 5.09 Å². The van der Waals surface area contributed by atoms with E-state index in [-0.39, 0.29) is 6.10 Å². The van der Waals surface area contributed by atoms with Gasteiger partial charge in [-0.05, 0) is 48.9 Å². The van der Waals surface area contributed by atoms with Crippen LogP contribution in [0, 0.1) is 0 Å². The second-order valence-electron chi connectivity index (χ2n) is 5.37. The molecule has 22 heavy (non-hydrogen) atoms. The largest absolute Gasteiger partial charge is 0.462 e. The maximum atomic E-state index is 12.9. The minimum atomic E-state index is -3.42. The van der Waals surface area contributed by atoms with Crippen molar-refractivity contribution in [3.05, 3.63) is 42.5 Å². The van der Waals surface area contributed by atoms with Crippen molar-refractivity contribution in [2.24, 2.45) is 0 Å². The van der Waals surface area contributed by atoms with Gasteiger partial charge in [0.25, 0.3) is 6.65 Å². The number of benzene rings is 2. The smallest absolute Gasteiger partial charge is 0.323 e. The van der Waals surface area contributed by atoms with Crippen molar-refractivity contribution in [1.29, 1.82) is 0 Å². The van der Waals surface area contributed by atoms with Crippen molar-refractivity contribution >= 4 is 39.9 Å². The molecule has 0 heterocycles. The van der Waals surface area contributed by atoms with E-state index < -0.39 is 18.7 Å². The van der Waals surface area contributed by atoms with E-state index in [1.54, 1.807) is 32.9 Å². The van der Waals surface area contributed by atoms with Gasteiger partial charge in [-0.3, -0.25) is 9.36 Å². The van der Waals surface area contributed by atoms with Gasteiger partial charge in [-0.2, -0.15) is 0 Å². The van der Waals surface area contributed by atoms with Crippen molar-refractivity contribution in [3.8, 4) is 0 Å². The number of carbonyl (C=O) groups is 1. The van der Waals surface area contributed by atoms with Crippen LogP contribution in [0.2, 0.25) is 0 Å². The fourth-order valence-electron chi connectivity index (χ4n) is 2.16. The SMILES string of the molecule is CC(C)OC(=O)[C@H](C)NP(=O)(Cl)c1cccc2ccccc12. The minimum absolute atomic E-state index is 0.232. The van der Waals surface area contributed by atoms with Gasteiger partial charge < -0.3 is 4.74 Å². The summed E-state index contributed by atoms with van der Waals surface area (Å²) in [6.07, 6.45) is -0.232. The molecule has 1 unspecified atom stereocenters. The molecule has 1 N–H and O–H groups in total. The van der Waals surface area contributed by atoms with Crippen LogP contribution < -0.4 is 10.4 Å². The average Bonchev–Trinajstić information content (AvgIpc) is 2.45. The molecule has 0 aliphatic rings. The first kappa shape index (κ1) is 17.0. The van der Waals surface area contributed by atoms with Gasteiger partial charge in [0.2, 0.25) is 0 Å². The number of nitrogens with one attached hydrogen (secondary N) is 1. The standard InChI is InChI=1S/C16H19ClNO3P/c1-11(2)21-16(19)12(3)18-22(17,20)15-10-6-8-13-7-4-5-9-14(13)15/h4-12H,1-3H3,(H,18,20)/t12-,22?/m0/s1. The Morgan fingerprint density at radius 2 is 1.77 bits per heavy atom. The van der Waals surface area contributed by atoms with Crippen LogP contribution in [0.1, 0.15) is 20.8 Å². The summed E-state index contributed by atoms with van der Waals surface area (Å²) in [4.78, 5) is 11.9. The highest BCUT2D eigenvalue weighted by Gasteiger charge is 2.29. The maximum absolute atomic E-state index is 12.9. The molecule has 0 spiro atoms. The Morgan fingerprint density at radius 1 is 1.14 bits per heavy atom. The van der Waals surface area contributed by atoms with Crippen molar-refractivity contribution in [2.45, 2.75) is 32.9 Å². The first-order valence-electron chi connectivity index (χ1n) is 7.07. The van der Waals surface area contributed by atoms with E-state index in [4.69, 9.17) is 16.0 Å². The third-order valence-electron chi connectivity index (χ3n) is 3.14. The second kappa shape index (κ2) is 6.82. The molecule has 0 bridgehead atoms. The number of carbonyl (C=O) groups excluding carboxylic acids is 1. The number of fused-ring (bicyclic) bond motifs is 1. The molecule has 4 nitrogen and oxygen atoms in total. The number of halogens is 1. The molecule has 0 fully saturated rings. The highest BCUT2D eigenvalue weighted by atomic mass is 35.7. The van der Waals surface area contributed by atoms with Crippen LogP contribution in [0.3, 0.4) is 0 Å². The van der Waals surface area contributed by atoms with Crippen LogP contribution in [0.25, 0.3) is 10.8 Å². The molecule has 0 aliphatic heterocycles. The molecule has 2 aromatic rings. The number of hydrogen-bond donors (Lipinski definition) is 1. The van der Waals surface area contributed by atoms with Crippen LogP contribution >= 0.6 is 17.9 Å². The first-order valence-corrected chi connectivity index (χ1v) is 9.69. The zero-order valence-electron chi connectivity index (χ0n) is 12.7. The Morgan fingerprint density at radius 3 is 2.45 bits per heavy atom. The summed E-state index contributed by atoms with van der Waals surface area (Å²) in [5, 5.41) is 4.96. The lowest BCUT2D eigenvalue weighted by molar-refractivity contribution is -0.148. The van der Waals surface area contributed by atoms with Crippen LogP contribution in [0.5, 0.6) is 0 Å². The predicted molar refractivity (Wildman–Crippen MR) is 90.9 cm³/mol. The lowest BCUT2D eigenvalue weighted by Crippen LogP contribution is -2.35. The third kappa shape index (κ3) is 3.89. The molecule has 0 aromatic heterocycles.